The Hall–Kier alpha value is -2.07. The van der Waals surface area contributed by atoms with Gasteiger partial charge in [-0.3, -0.25) is 4.68 Å². The van der Waals surface area contributed by atoms with Crippen LogP contribution >= 0.6 is 0 Å². The van der Waals surface area contributed by atoms with E-state index in [9.17, 15) is 0 Å². The molecule has 0 saturated heterocycles. The number of hydrogen-bond acceptors (Lipinski definition) is 3. The SMILES string of the molecule is CNC(Cc1cc(C)nn1C)c1cc2ccccc2o1. The Bertz CT molecular complexity index is 693. The van der Waals surface area contributed by atoms with Crippen LogP contribution in [0.2, 0.25) is 0 Å². The highest BCUT2D eigenvalue weighted by Gasteiger charge is 2.17. The van der Waals surface area contributed by atoms with E-state index >= 15 is 0 Å². The molecule has 20 heavy (non-hydrogen) atoms. The van der Waals surface area contributed by atoms with E-state index in [1.54, 1.807) is 0 Å². The van der Waals surface area contributed by atoms with Crippen LogP contribution in [-0.4, -0.2) is 16.8 Å². The number of para-hydroxylation sites is 1. The maximum absolute atomic E-state index is 5.95. The summed E-state index contributed by atoms with van der Waals surface area (Å²) in [5.41, 5.74) is 3.17. The van der Waals surface area contributed by atoms with Gasteiger partial charge in [0.15, 0.2) is 0 Å². The Labute approximate surface area is 118 Å². The van der Waals surface area contributed by atoms with Crippen molar-refractivity contribution in [3.05, 3.63) is 53.5 Å². The lowest BCUT2D eigenvalue weighted by molar-refractivity contribution is 0.443. The Morgan fingerprint density at radius 3 is 2.75 bits per heavy atom. The molecule has 0 saturated carbocycles. The van der Waals surface area contributed by atoms with E-state index < -0.39 is 0 Å². The molecule has 4 heteroatoms. The van der Waals surface area contributed by atoms with Gasteiger partial charge in [0.2, 0.25) is 0 Å². The number of furan rings is 1. The minimum absolute atomic E-state index is 0.150. The van der Waals surface area contributed by atoms with Crippen molar-refractivity contribution in [2.24, 2.45) is 7.05 Å². The molecule has 0 radical (unpaired) electrons. The lowest BCUT2D eigenvalue weighted by atomic mass is 10.1. The molecule has 2 heterocycles. The molecule has 0 fully saturated rings. The average Bonchev–Trinajstić information content (AvgIpc) is 2.99. The molecule has 3 aromatic rings. The van der Waals surface area contributed by atoms with Gasteiger partial charge in [0.1, 0.15) is 11.3 Å². The van der Waals surface area contributed by atoms with Crippen LogP contribution in [0.4, 0.5) is 0 Å². The maximum atomic E-state index is 5.95. The molecule has 0 amide bonds. The summed E-state index contributed by atoms with van der Waals surface area (Å²) in [6.45, 7) is 2.01. The fourth-order valence-electron chi connectivity index (χ4n) is 2.58. The third-order valence-electron chi connectivity index (χ3n) is 3.65. The van der Waals surface area contributed by atoms with Crippen LogP contribution in [0.1, 0.15) is 23.2 Å². The number of aryl methyl sites for hydroxylation is 2. The van der Waals surface area contributed by atoms with Crippen molar-refractivity contribution in [1.29, 1.82) is 0 Å². The molecule has 104 valence electrons. The van der Waals surface area contributed by atoms with Crippen molar-refractivity contribution in [2.75, 3.05) is 7.05 Å². The lowest BCUT2D eigenvalue weighted by Crippen LogP contribution is -2.19. The van der Waals surface area contributed by atoms with Gasteiger partial charge in [0, 0.05) is 24.5 Å². The fraction of sp³-hybridized carbons (Fsp3) is 0.312. The van der Waals surface area contributed by atoms with E-state index in [1.165, 1.54) is 5.69 Å². The van der Waals surface area contributed by atoms with E-state index in [4.69, 9.17) is 4.42 Å². The first-order valence-corrected chi connectivity index (χ1v) is 6.82. The molecule has 0 aliphatic rings. The Morgan fingerprint density at radius 1 is 1.30 bits per heavy atom. The van der Waals surface area contributed by atoms with Gasteiger partial charge >= 0.3 is 0 Å². The average molecular weight is 269 g/mol. The minimum atomic E-state index is 0.150. The van der Waals surface area contributed by atoms with E-state index in [2.05, 4.69) is 28.6 Å². The van der Waals surface area contributed by atoms with Crippen molar-refractivity contribution in [3.8, 4) is 0 Å². The Balaban J connectivity index is 1.91. The van der Waals surface area contributed by atoms with Crippen molar-refractivity contribution >= 4 is 11.0 Å². The molecule has 0 bridgehead atoms. The van der Waals surface area contributed by atoms with Gasteiger partial charge in [-0.05, 0) is 32.2 Å². The zero-order valence-electron chi connectivity index (χ0n) is 12.1. The van der Waals surface area contributed by atoms with Crippen LogP contribution < -0.4 is 5.32 Å². The third-order valence-corrected chi connectivity index (χ3v) is 3.65. The standard InChI is InChI=1S/C16H19N3O/c1-11-8-13(19(3)18-11)10-14(17-2)16-9-12-6-4-5-7-15(12)20-16/h4-9,14,17H,10H2,1-3H3. The normalized spacial score (nSPS) is 12.9. The molecule has 1 unspecified atom stereocenters. The second kappa shape index (κ2) is 5.13. The van der Waals surface area contributed by atoms with Crippen molar-refractivity contribution in [3.63, 3.8) is 0 Å². The highest BCUT2D eigenvalue weighted by atomic mass is 16.3. The molecule has 1 aromatic carbocycles. The summed E-state index contributed by atoms with van der Waals surface area (Å²) in [5, 5.41) is 8.87. The van der Waals surface area contributed by atoms with Crippen molar-refractivity contribution in [1.82, 2.24) is 15.1 Å². The van der Waals surface area contributed by atoms with Crippen LogP contribution in [0, 0.1) is 6.92 Å². The molecule has 3 rings (SSSR count). The molecule has 0 aliphatic carbocycles. The maximum Gasteiger partial charge on any atom is 0.134 e. The summed E-state index contributed by atoms with van der Waals surface area (Å²) in [4.78, 5) is 0. The highest BCUT2D eigenvalue weighted by molar-refractivity contribution is 5.77. The summed E-state index contributed by atoms with van der Waals surface area (Å²) in [6.07, 6.45) is 0.855. The first-order valence-electron chi connectivity index (χ1n) is 6.82. The first kappa shape index (κ1) is 12.9. The first-order chi connectivity index (χ1) is 9.67. The molecule has 1 N–H and O–H groups in total. The third kappa shape index (κ3) is 2.34. The molecule has 0 spiro atoms. The minimum Gasteiger partial charge on any atom is -0.459 e. The predicted octanol–water partition coefficient (Wildman–Crippen LogP) is 2.98. The second-order valence-corrected chi connectivity index (χ2v) is 5.13. The number of rotatable bonds is 4. The number of hydrogen-bond donors (Lipinski definition) is 1. The zero-order chi connectivity index (χ0) is 14.1. The lowest BCUT2D eigenvalue weighted by Gasteiger charge is -2.13. The van der Waals surface area contributed by atoms with Gasteiger partial charge in [-0.25, -0.2) is 0 Å². The zero-order valence-corrected chi connectivity index (χ0v) is 12.1. The van der Waals surface area contributed by atoms with Crippen LogP contribution in [-0.2, 0) is 13.5 Å². The van der Waals surface area contributed by atoms with Gasteiger partial charge in [-0.1, -0.05) is 18.2 Å². The number of aromatic nitrogens is 2. The van der Waals surface area contributed by atoms with E-state index in [-0.39, 0.29) is 6.04 Å². The number of nitrogens with zero attached hydrogens (tertiary/aromatic N) is 2. The number of nitrogens with one attached hydrogen (secondary N) is 1. The van der Waals surface area contributed by atoms with Crippen LogP contribution in [0.25, 0.3) is 11.0 Å². The summed E-state index contributed by atoms with van der Waals surface area (Å²) < 4.78 is 7.88. The van der Waals surface area contributed by atoms with E-state index in [1.807, 2.05) is 43.9 Å². The van der Waals surface area contributed by atoms with E-state index in [0.717, 1.165) is 28.8 Å². The second-order valence-electron chi connectivity index (χ2n) is 5.13. The van der Waals surface area contributed by atoms with Crippen LogP contribution in [0.15, 0.2) is 40.8 Å². The smallest absolute Gasteiger partial charge is 0.134 e. The molecule has 4 nitrogen and oxygen atoms in total. The van der Waals surface area contributed by atoms with Gasteiger partial charge in [0.25, 0.3) is 0 Å². The number of benzene rings is 1. The molecule has 1 atom stereocenters. The molecule has 0 aliphatic heterocycles. The van der Waals surface area contributed by atoms with Gasteiger partial charge in [-0.2, -0.15) is 5.10 Å². The predicted molar refractivity (Wildman–Crippen MR) is 79.7 cm³/mol. The molecular weight excluding hydrogens is 250 g/mol. The summed E-state index contributed by atoms with van der Waals surface area (Å²) >= 11 is 0. The van der Waals surface area contributed by atoms with Gasteiger partial charge in [-0.15, -0.1) is 0 Å². The molecular formula is C16H19N3O. The monoisotopic (exact) mass is 269 g/mol. The summed E-state index contributed by atoms with van der Waals surface area (Å²) in [5.74, 6) is 0.965. The number of fused-ring (bicyclic) bond motifs is 1. The van der Waals surface area contributed by atoms with Crippen LogP contribution in [0.3, 0.4) is 0 Å². The van der Waals surface area contributed by atoms with Crippen molar-refractivity contribution in [2.45, 2.75) is 19.4 Å². The topological polar surface area (TPSA) is 43.0 Å². The van der Waals surface area contributed by atoms with Gasteiger partial charge in [0.05, 0.1) is 11.7 Å². The summed E-state index contributed by atoms with van der Waals surface area (Å²) in [7, 11) is 3.94. The fourth-order valence-corrected chi connectivity index (χ4v) is 2.58. The summed E-state index contributed by atoms with van der Waals surface area (Å²) in [6, 6.07) is 12.5. The largest absolute Gasteiger partial charge is 0.459 e. The highest BCUT2D eigenvalue weighted by Crippen LogP contribution is 2.26. The Kier molecular flexibility index (Phi) is 3.32. The number of likely N-dealkylation sites (N-methyl/N-ethyl adjacent to an activating group) is 1. The van der Waals surface area contributed by atoms with Crippen LogP contribution in [0.5, 0.6) is 0 Å². The molecule has 2 aromatic heterocycles. The van der Waals surface area contributed by atoms with Gasteiger partial charge < -0.3 is 9.73 Å². The van der Waals surface area contributed by atoms with Crippen molar-refractivity contribution < 1.29 is 4.42 Å². The quantitative estimate of drug-likeness (QED) is 0.792. The Morgan fingerprint density at radius 2 is 2.10 bits per heavy atom. The van der Waals surface area contributed by atoms with E-state index in [0.29, 0.717) is 0 Å².